The fraction of sp³-hybridized carbons (Fsp3) is 0.500. The summed E-state index contributed by atoms with van der Waals surface area (Å²) in [5, 5.41) is 0. The number of anilines is 2. The van der Waals surface area contributed by atoms with Gasteiger partial charge in [-0.25, -0.2) is 0 Å². The zero-order valence-electron chi connectivity index (χ0n) is 9.83. The molecule has 2 N–H and O–H groups in total. The highest BCUT2D eigenvalue weighted by molar-refractivity contribution is 5.68. The van der Waals surface area contributed by atoms with Gasteiger partial charge in [-0.15, -0.1) is 0 Å². The van der Waals surface area contributed by atoms with Crippen LogP contribution in [0.3, 0.4) is 0 Å². The average molecular weight is 260 g/mol. The predicted octanol–water partition coefficient (Wildman–Crippen LogP) is 2.51. The van der Waals surface area contributed by atoms with E-state index in [-0.39, 0.29) is 5.69 Å². The van der Waals surface area contributed by atoms with Crippen molar-refractivity contribution in [1.29, 1.82) is 0 Å². The van der Waals surface area contributed by atoms with E-state index in [0.29, 0.717) is 25.4 Å². The highest BCUT2D eigenvalue weighted by atomic mass is 19.4. The van der Waals surface area contributed by atoms with Gasteiger partial charge >= 0.3 is 6.18 Å². The lowest BCUT2D eigenvalue weighted by molar-refractivity contribution is -0.137. The predicted molar refractivity (Wildman–Crippen MR) is 63.5 cm³/mol. The molecule has 0 saturated carbocycles. The Morgan fingerprint density at radius 3 is 2.61 bits per heavy atom. The van der Waals surface area contributed by atoms with Crippen LogP contribution in [0.5, 0.6) is 0 Å². The molecule has 0 aliphatic carbocycles. The van der Waals surface area contributed by atoms with Crippen molar-refractivity contribution < 1.29 is 17.9 Å². The van der Waals surface area contributed by atoms with Crippen molar-refractivity contribution in [2.45, 2.75) is 12.6 Å². The number of benzene rings is 1. The lowest BCUT2D eigenvalue weighted by atomic mass is 10.1. The van der Waals surface area contributed by atoms with Crippen LogP contribution in [0, 0.1) is 0 Å². The van der Waals surface area contributed by atoms with E-state index < -0.39 is 11.7 Å². The van der Waals surface area contributed by atoms with E-state index in [1.807, 2.05) is 4.90 Å². The molecule has 1 aromatic rings. The molecule has 0 atom stereocenters. The molecule has 0 unspecified atom stereocenters. The van der Waals surface area contributed by atoms with Gasteiger partial charge < -0.3 is 15.4 Å². The quantitative estimate of drug-likeness (QED) is 0.788. The summed E-state index contributed by atoms with van der Waals surface area (Å²) >= 11 is 0. The smallest absolute Gasteiger partial charge is 0.397 e. The van der Waals surface area contributed by atoms with Gasteiger partial charge in [-0.3, -0.25) is 0 Å². The summed E-state index contributed by atoms with van der Waals surface area (Å²) < 4.78 is 42.9. The van der Waals surface area contributed by atoms with Gasteiger partial charge in [0, 0.05) is 19.7 Å². The summed E-state index contributed by atoms with van der Waals surface area (Å²) in [6.07, 6.45) is -3.50. The Labute approximate surface area is 103 Å². The van der Waals surface area contributed by atoms with Crippen molar-refractivity contribution >= 4 is 11.4 Å². The second kappa shape index (κ2) is 5.06. The molecule has 0 radical (unpaired) electrons. The van der Waals surface area contributed by atoms with E-state index >= 15 is 0 Å². The number of hydrogen-bond acceptors (Lipinski definition) is 3. The topological polar surface area (TPSA) is 38.5 Å². The molecule has 1 fully saturated rings. The summed E-state index contributed by atoms with van der Waals surface area (Å²) in [5.41, 5.74) is 5.81. The number of nitrogens with zero attached hydrogens (tertiary/aromatic N) is 1. The monoisotopic (exact) mass is 260 g/mol. The van der Waals surface area contributed by atoms with Gasteiger partial charge in [0.25, 0.3) is 0 Å². The van der Waals surface area contributed by atoms with Crippen LogP contribution in [0.2, 0.25) is 0 Å². The van der Waals surface area contributed by atoms with Gasteiger partial charge in [0.15, 0.2) is 0 Å². The van der Waals surface area contributed by atoms with Gasteiger partial charge in [0.2, 0.25) is 0 Å². The average Bonchev–Trinajstić information content (AvgIpc) is 2.56. The fourth-order valence-corrected chi connectivity index (χ4v) is 2.01. The second-order valence-electron chi connectivity index (χ2n) is 4.22. The third-order valence-corrected chi connectivity index (χ3v) is 2.92. The first kappa shape index (κ1) is 13.0. The zero-order valence-corrected chi connectivity index (χ0v) is 9.83. The Morgan fingerprint density at radius 1 is 1.17 bits per heavy atom. The lowest BCUT2D eigenvalue weighted by Crippen LogP contribution is -2.26. The number of nitrogens with two attached hydrogens (primary N) is 1. The Kier molecular flexibility index (Phi) is 3.65. The van der Waals surface area contributed by atoms with E-state index in [1.54, 1.807) is 0 Å². The van der Waals surface area contributed by atoms with E-state index in [1.165, 1.54) is 6.07 Å². The standard InChI is InChI=1S/C12H15F3N2O/c13-12(14,15)9-2-3-11(10(16)8-9)17-4-1-6-18-7-5-17/h2-3,8H,1,4-7,16H2. The summed E-state index contributed by atoms with van der Waals surface area (Å²) in [5.74, 6) is 0. The van der Waals surface area contributed by atoms with E-state index in [0.717, 1.165) is 25.1 Å². The lowest BCUT2D eigenvalue weighted by Gasteiger charge is -2.24. The summed E-state index contributed by atoms with van der Waals surface area (Å²) in [6, 6.07) is 3.49. The molecule has 0 aromatic heterocycles. The maximum absolute atomic E-state index is 12.5. The van der Waals surface area contributed by atoms with Crippen molar-refractivity contribution in [3.05, 3.63) is 23.8 Å². The highest BCUT2D eigenvalue weighted by Crippen LogP contribution is 2.34. The molecular formula is C12H15F3N2O. The minimum atomic E-state index is -4.35. The van der Waals surface area contributed by atoms with Gasteiger partial charge in [0.05, 0.1) is 23.5 Å². The molecule has 3 nitrogen and oxygen atoms in total. The van der Waals surface area contributed by atoms with Gasteiger partial charge in [-0.2, -0.15) is 13.2 Å². The van der Waals surface area contributed by atoms with Gasteiger partial charge in [-0.1, -0.05) is 0 Å². The third kappa shape index (κ3) is 2.87. The third-order valence-electron chi connectivity index (χ3n) is 2.92. The molecule has 1 saturated heterocycles. The molecule has 0 spiro atoms. The van der Waals surface area contributed by atoms with Gasteiger partial charge in [0.1, 0.15) is 0 Å². The van der Waals surface area contributed by atoms with Crippen molar-refractivity contribution in [2.75, 3.05) is 36.9 Å². The van der Waals surface area contributed by atoms with Crippen molar-refractivity contribution in [1.82, 2.24) is 0 Å². The largest absolute Gasteiger partial charge is 0.416 e. The van der Waals surface area contributed by atoms with Gasteiger partial charge in [-0.05, 0) is 24.6 Å². The molecule has 0 bridgehead atoms. The van der Waals surface area contributed by atoms with Crippen LogP contribution >= 0.6 is 0 Å². The molecule has 1 aromatic carbocycles. The first-order chi connectivity index (χ1) is 8.48. The molecule has 0 amide bonds. The minimum Gasteiger partial charge on any atom is -0.397 e. The second-order valence-corrected chi connectivity index (χ2v) is 4.22. The van der Waals surface area contributed by atoms with E-state index in [4.69, 9.17) is 10.5 Å². The van der Waals surface area contributed by atoms with E-state index in [9.17, 15) is 13.2 Å². The summed E-state index contributed by atoms with van der Waals surface area (Å²) in [4.78, 5) is 1.96. The number of halogens is 3. The molecule has 1 heterocycles. The van der Waals surface area contributed by atoms with Crippen LogP contribution in [-0.4, -0.2) is 26.3 Å². The van der Waals surface area contributed by atoms with Crippen molar-refractivity contribution in [3.63, 3.8) is 0 Å². The summed E-state index contributed by atoms with van der Waals surface area (Å²) in [7, 11) is 0. The molecule has 1 aliphatic rings. The number of ether oxygens (including phenoxy) is 1. The Bertz CT molecular complexity index is 412. The highest BCUT2D eigenvalue weighted by Gasteiger charge is 2.31. The van der Waals surface area contributed by atoms with Crippen LogP contribution in [0.25, 0.3) is 0 Å². The fourth-order valence-electron chi connectivity index (χ4n) is 2.01. The summed E-state index contributed by atoms with van der Waals surface area (Å²) in [6.45, 7) is 2.64. The molecule has 6 heteroatoms. The van der Waals surface area contributed by atoms with Crippen LogP contribution in [0.4, 0.5) is 24.5 Å². The van der Waals surface area contributed by atoms with Crippen molar-refractivity contribution in [3.8, 4) is 0 Å². The first-order valence-electron chi connectivity index (χ1n) is 5.78. The van der Waals surface area contributed by atoms with Crippen LogP contribution in [0.1, 0.15) is 12.0 Å². The van der Waals surface area contributed by atoms with Crippen LogP contribution in [-0.2, 0) is 10.9 Å². The Morgan fingerprint density at radius 2 is 1.94 bits per heavy atom. The zero-order chi connectivity index (χ0) is 13.2. The molecule has 2 rings (SSSR count). The Hall–Kier alpha value is -1.43. The maximum Gasteiger partial charge on any atom is 0.416 e. The van der Waals surface area contributed by atoms with E-state index in [2.05, 4.69) is 0 Å². The minimum absolute atomic E-state index is 0.159. The van der Waals surface area contributed by atoms with Crippen molar-refractivity contribution in [2.24, 2.45) is 0 Å². The molecule has 1 aliphatic heterocycles. The first-order valence-corrected chi connectivity index (χ1v) is 5.78. The Balaban J connectivity index is 2.23. The normalized spacial score (nSPS) is 17.6. The number of nitrogen functional groups attached to an aromatic ring is 1. The number of hydrogen-bond donors (Lipinski definition) is 1. The maximum atomic E-state index is 12.5. The SMILES string of the molecule is Nc1cc(C(F)(F)F)ccc1N1CCCOCC1. The molecule has 100 valence electrons. The number of rotatable bonds is 1. The van der Waals surface area contributed by atoms with Crippen LogP contribution < -0.4 is 10.6 Å². The number of alkyl halides is 3. The van der Waals surface area contributed by atoms with Crippen LogP contribution in [0.15, 0.2) is 18.2 Å². The molecule has 18 heavy (non-hydrogen) atoms. The molecular weight excluding hydrogens is 245 g/mol.